The maximum absolute atomic E-state index is 12.5. The van der Waals surface area contributed by atoms with Crippen LogP contribution in [0.4, 0.5) is 5.69 Å². The van der Waals surface area contributed by atoms with Gasteiger partial charge in [-0.25, -0.2) is 0 Å². The molecule has 0 aliphatic heterocycles. The second-order valence-corrected chi connectivity index (χ2v) is 7.99. The number of hydrogen-bond donors (Lipinski definition) is 2. The standard InChI is InChI=1S/C23H26N4O2/c1-23(2,3)22(29)26-20-7-4-6-19(14-20)21(28)24-15-17-8-10-18(11-9-17)16-27-13-5-12-25-27/h4-14H,15-16H2,1-3H3,(H,24,28)(H,26,29). The molecule has 0 radical (unpaired) electrons. The van der Waals surface area contributed by atoms with Crippen molar-refractivity contribution in [1.82, 2.24) is 15.1 Å². The van der Waals surface area contributed by atoms with Gasteiger partial charge in [0.1, 0.15) is 0 Å². The molecule has 0 saturated heterocycles. The van der Waals surface area contributed by atoms with E-state index >= 15 is 0 Å². The molecule has 0 saturated carbocycles. The minimum atomic E-state index is -0.498. The molecule has 1 heterocycles. The lowest BCUT2D eigenvalue weighted by atomic mass is 9.95. The Morgan fingerprint density at radius 3 is 2.38 bits per heavy atom. The minimum absolute atomic E-state index is 0.0924. The highest BCUT2D eigenvalue weighted by molar-refractivity contribution is 5.98. The van der Waals surface area contributed by atoms with E-state index in [0.29, 0.717) is 24.3 Å². The van der Waals surface area contributed by atoms with Gasteiger partial charge in [0.15, 0.2) is 0 Å². The van der Waals surface area contributed by atoms with Crippen molar-refractivity contribution in [1.29, 1.82) is 0 Å². The predicted octanol–water partition coefficient (Wildman–Crippen LogP) is 3.85. The van der Waals surface area contributed by atoms with Crippen molar-refractivity contribution in [2.24, 2.45) is 5.41 Å². The van der Waals surface area contributed by atoms with Crippen LogP contribution in [0.2, 0.25) is 0 Å². The minimum Gasteiger partial charge on any atom is -0.348 e. The van der Waals surface area contributed by atoms with Crippen molar-refractivity contribution in [3.63, 3.8) is 0 Å². The van der Waals surface area contributed by atoms with Crippen molar-refractivity contribution >= 4 is 17.5 Å². The second kappa shape index (κ2) is 8.73. The van der Waals surface area contributed by atoms with E-state index in [9.17, 15) is 9.59 Å². The van der Waals surface area contributed by atoms with E-state index in [1.165, 1.54) is 0 Å². The van der Waals surface area contributed by atoms with E-state index in [2.05, 4.69) is 15.7 Å². The maximum atomic E-state index is 12.5. The van der Waals surface area contributed by atoms with E-state index in [0.717, 1.165) is 11.1 Å². The highest BCUT2D eigenvalue weighted by Crippen LogP contribution is 2.18. The number of rotatable bonds is 6. The Labute approximate surface area is 170 Å². The van der Waals surface area contributed by atoms with Crippen LogP contribution >= 0.6 is 0 Å². The monoisotopic (exact) mass is 390 g/mol. The van der Waals surface area contributed by atoms with Gasteiger partial charge in [-0.05, 0) is 35.4 Å². The Morgan fingerprint density at radius 1 is 1.00 bits per heavy atom. The lowest BCUT2D eigenvalue weighted by Crippen LogP contribution is -2.28. The molecule has 2 aromatic carbocycles. The van der Waals surface area contributed by atoms with Crippen LogP contribution in [-0.2, 0) is 17.9 Å². The molecule has 0 aliphatic carbocycles. The molecule has 2 amide bonds. The topological polar surface area (TPSA) is 76.0 Å². The average Bonchev–Trinajstić information content (AvgIpc) is 3.20. The maximum Gasteiger partial charge on any atom is 0.251 e. The summed E-state index contributed by atoms with van der Waals surface area (Å²) >= 11 is 0. The van der Waals surface area contributed by atoms with Gasteiger partial charge in [0.25, 0.3) is 5.91 Å². The summed E-state index contributed by atoms with van der Waals surface area (Å²) < 4.78 is 1.86. The summed E-state index contributed by atoms with van der Waals surface area (Å²) in [5.41, 5.74) is 2.78. The van der Waals surface area contributed by atoms with Gasteiger partial charge in [-0.1, -0.05) is 51.1 Å². The SMILES string of the molecule is CC(C)(C)C(=O)Nc1cccc(C(=O)NCc2ccc(Cn3cccn3)cc2)c1. The molecule has 1 aromatic heterocycles. The Morgan fingerprint density at radius 2 is 1.72 bits per heavy atom. The first-order chi connectivity index (χ1) is 13.8. The molecule has 0 fully saturated rings. The zero-order valence-electron chi connectivity index (χ0n) is 17.0. The Kier molecular flexibility index (Phi) is 6.12. The first-order valence-corrected chi connectivity index (χ1v) is 9.56. The first-order valence-electron chi connectivity index (χ1n) is 9.56. The van der Waals surface area contributed by atoms with Crippen LogP contribution in [-0.4, -0.2) is 21.6 Å². The van der Waals surface area contributed by atoms with Crippen LogP contribution in [0.3, 0.4) is 0 Å². The lowest BCUT2D eigenvalue weighted by Gasteiger charge is -2.18. The molecule has 29 heavy (non-hydrogen) atoms. The fourth-order valence-electron chi connectivity index (χ4n) is 2.68. The molecule has 3 rings (SSSR count). The summed E-state index contributed by atoms with van der Waals surface area (Å²) in [5, 5.41) is 9.97. The summed E-state index contributed by atoms with van der Waals surface area (Å²) in [4.78, 5) is 24.6. The first kappa shape index (κ1) is 20.3. The van der Waals surface area contributed by atoms with Gasteiger partial charge in [-0.3, -0.25) is 14.3 Å². The van der Waals surface area contributed by atoms with Crippen LogP contribution in [0.5, 0.6) is 0 Å². The van der Waals surface area contributed by atoms with Gasteiger partial charge in [0.2, 0.25) is 5.91 Å². The van der Waals surface area contributed by atoms with Gasteiger partial charge in [0.05, 0.1) is 6.54 Å². The number of amides is 2. The van der Waals surface area contributed by atoms with Crippen molar-refractivity contribution in [2.75, 3.05) is 5.32 Å². The number of benzene rings is 2. The van der Waals surface area contributed by atoms with Crippen LogP contribution in [0.15, 0.2) is 67.0 Å². The largest absolute Gasteiger partial charge is 0.348 e. The third kappa shape index (κ3) is 5.78. The summed E-state index contributed by atoms with van der Waals surface area (Å²) in [6.07, 6.45) is 3.68. The molecule has 0 aliphatic rings. The van der Waals surface area contributed by atoms with Gasteiger partial charge in [-0.2, -0.15) is 5.10 Å². The normalized spacial score (nSPS) is 11.1. The zero-order valence-corrected chi connectivity index (χ0v) is 17.0. The van der Waals surface area contributed by atoms with Crippen molar-refractivity contribution in [2.45, 2.75) is 33.9 Å². The Hall–Kier alpha value is -3.41. The van der Waals surface area contributed by atoms with Gasteiger partial charge in [-0.15, -0.1) is 0 Å². The lowest BCUT2D eigenvalue weighted by molar-refractivity contribution is -0.123. The summed E-state index contributed by atoms with van der Waals surface area (Å²) in [5.74, 6) is -0.275. The number of hydrogen-bond acceptors (Lipinski definition) is 3. The third-order valence-electron chi connectivity index (χ3n) is 4.44. The fourth-order valence-corrected chi connectivity index (χ4v) is 2.68. The molecule has 3 aromatic rings. The van der Waals surface area contributed by atoms with E-state index in [-0.39, 0.29) is 11.8 Å². The Bertz CT molecular complexity index is 971. The zero-order chi connectivity index (χ0) is 20.9. The third-order valence-corrected chi connectivity index (χ3v) is 4.44. The average molecular weight is 390 g/mol. The summed E-state index contributed by atoms with van der Waals surface area (Å²) in [6.45, 7) is 6.68. The number of carbonyl (C=O) groups is 2. The van der Waals surface area contributed by atoms with E-state index in [1.54, 1.807) is 30.5 Å². The van der Waals surface area contributed by atoms with E-state index < -0.39 is 5.41 Å². The molecule has 0 unspecified atom stereocenters. The second-order valence-electron chi connectivity index (χ2n) is 7.99. The molecule has 0 spiro atoms. The van der Waals surface area contributed by atoms with E-state index in [4.69, 9.17) is 0 Å². The molecular weight excluding hydrogens is 364 g/mol. The number of nitrogens with one attached hydrogen (secondary N) is 2. The number of carbonyl (C=O) groups excluding carboxylic acids is 2. The fraction of sp³-hybridized carbons (Fsp3) is 0.261. The predicted molar refractivity (Wildman–Crippen MR) is 113 cm³/mol. The highest BCUT2D eigenvalue weighted by atomic mass is 16.2. The number of aromatic nitrogens is 2. The number of nitrogens with zero attached hydrogens (tertiary/aromatic N) is 2. The van der Waals surface area contributed by atoms with Crippen molar-refractivity contribution in [3.8, 4) is 0 Å². The summed E-state index contributed by atoms with van der Waals surface area (Å²) in [6, 6.07) is 16.9. The van der Waals surface area contributed by atoms with E-state index in [1.807, 2.05) is 62.0 Å². The molecule has 2 N–H and O–H groups in total. The molecular formula is C23H26N4O2. The number of anilines is 1. The quantitative estimate of drug-likeness (QED) is 0.671. The van der Waals surface area contributed by atoms with Crippen molar-refractivity contribution in [3.05, 3.63) is 83.7 Å². The van der Waals surface area contributed by atoms with Crippen LogP contribution in [0.25, 0.3) is 0 Å². The van der Waals surface area contributed by atoms with Crippen LogP contribution in [0.1, 0.15) is 42.3 Å². The smallest absolute Gasteiger partial charge is 0.251 e. The van der Waals surface area contributed by atoms with Crippen molar-refractivity contribution < 1.29 is 9.59 Å². The molecule has 150 valence electrons. The van der Waals surface area contributed by atoms with Gasteiger partial charge in [0, 0.05) is 35.6 Å². The molecule has 6 nitrogen and oxygen atoms in total. The summed E-state index contributed by atoms with van der Waals surface area (Å²) in [7, 11) is 0. The van der Waals surface area contributed by atoms with Crippen LogP contribution < -0.4 is 10.6 Å². The highest BCUT2D eigenvalue weighted by Gasteiger charge is 2.21. The molecule has 0 bridgehead atoms. The van der Waals surface area contributed by atoms with Gasteiger partial charge >= 0.3 is 0 Å². The van der Waals surface area contributed by atoms with Crippen LogP contribution in [0, 0.1) is 5.41 Å². The molecule has 0 atom stereocenters. The Balaban J connectivity index is 1.56. The molecule has 6 heteroatoms. The van der Waals surface area contributed by atoms with Gasteiger partial charge < -0.3 is 10.6 Å².